The summed E-state index contributed by atoms with van der Waals surface area (Å²) in [6, 6.07) is 38.8. The number of nitrogens with one attached hydrogen (secondary N) is 1. The smallest absolute Gasteiger partial charge is 0.123 e. The second-order valence-corrected chi connectivity index (χ2v) is 10.7. The second kappa shape index (κ2) is 7.30. The molecule has 8 rings (SSSR count). The van der Waals surface area contributed by atoms with Crippen molar-refractivity contribution in [1.82, 2.24) is 0 Å². The van der Waals surface area contributed by atoms with Gasteiger partial charge in [-0.15, -0.1) is 0 Å². The van der Waals surface area contributed by atoms with Crippen molar-refractivity contribution in [2.45, 2.75) is 30.2 Å². The summed E-state index contributed by atoms with van der Waals surface area (Å²) in [7, 11) is 0. The molecule has 1 nitrogen and oxygen atoms in total. The fourth-order valence-electron chi connectivity index (χ4n) is 7.86. The fraction of sp³-hybridized carbons (Fsp3) is 0.176. The van der Waals surface area contributed by atoms with Crippen LogP contribution in [0.15, 0.2) is 109 Å². The Labute approximate surface area is 210 Å². The maximum atomic E-state index is 13.7. The normalized spacial score (nSPS) is 22.3. The molecule has 0 saturated heterocycles. The lowest BCUT2D eigenvalue weighted by atomic mass is 9.67. The maximum Gasteiger partial charge on any atom is 0.123 e. The van der Waals surface area contributed by atoms with Crippen molar-refractivity contribution in [3.8, 4) is 11.1 Å². The first-order chi connectivity index (χ1) is 17.7. The Morgan fingerprint density at radius 1 is 0.667 bits per heavy atom. The molecule has 0 unspecified atom stereocenters. The molecule has 36 heavy (non-hydrogen) atoms. The minimum atomic E-state index is -0.199. The molecule has 1 spiro atoms. The molecule has 1 saturated carbocycles. The van der Waals surface area contributed by atoms with Crippen LogP contribution in [0.2, 0.25) is 0 Å². The lowest BCUT2D eigenvalue weighted by Gasteiger charge is -2.35. The minimum Gasteiger partial charge on any atom is -0.378 e. The summed E-state index contributed by atoms with van der Waals surface area (Å²) < 4.78 is 13.7. The highest BCUT2D eigenvalue weighted by Gasteiger charge is 2.60. The lowest BCUT2D eigenvalue weighted by molar-refractivity contribution is 0.409. The van der Waals surface area contributed by atoms with Gasteiger partial charge in [0.1, 0.15) is 5.82 Å². The van der Waals surface area contributed by atoms with E-state index in [0.717, 1.165) is 18.5 Å². The Morgan fingerprint density at radius 3 is 1.92 bits per heavy atom. The van der Waals surface area contributed by atoms with Gasteiger partial charge in [-0.05, 0) is 93.2 Å². The molecule has 1 N–H and O–H groups in total. The zero-order valence-electron chi connectivity index (χ0n) is 19.9. The molecular weight excluding hydrogens is 441 g/mol. The van der Waals surface area contributed by atoms with E-state index < -0.39 is 0 Å². The van der Waals surface area contributed by atoms with Crippen molar-refractivity contribution in [3.63, 3.8) is 0 Å². The van der Waals surface area contributed by atoms with E-state index in [9.17, 15) is 4.39 Å². The summed E-state index contributed by atoms with van der Waals surface area (Å²) in [5.74, 6) is 0.649. The SMILES string of the molecule is Fc1ccc(N[C@H]2c3cc4ccccc4cc3[C@@H]3[C@H]2CCC32c3ccccc3-c3ccccc32)cc1. The zero-order valence-corrected chi connectivity index (χ0v) is 19.9. The molecule has 3 aliphatic rings. The highest BCUT2D eigenvalue weighted by atomic mass is 19.1. The fourth-order valence-corrected chi connectivity index (χ4v) is 7.86. The van der Waals surface area contributed by atoms with Crippen molar-refractivity contribution < 1.29 is 4.39 Å². The third-order valence-electron chi connectivity index (χ3n) is 9.15. The number of rotatable bonds is 2. The van der Waals surface area contributed by atoms with Crippen LogP contribution >= 0.6 is 0 Å². The van der Waals surface area contributed by atoms with Crippen LogP contribution in [-0.4, -0.2) is 0 Å². The van der Waals surface area contributed by atoms with Gasteiger partial charge in [0.05, 0.1) is 6.04 Å². The summed E-state index contributed by atoms with van der Waals surface area (Å²) in [6.45, 7) is 0. The minimum absolute atomic E-state index is 0.0196. The summed E-state index contributed by atoms with van der Waals surface area (Å²) in [4.78, 5) is 0. The summed E-state index contributed by atoms with van der Waals surface area (Å²) in [5, 5.41) is 6.43. The quantitative estimate of drug-likeness (QED) is 0.274. The van der Waals surface area contributed by atoms with Gasteiger partial charge in [-0.2, -0.15) is 0 Å². The monoisotopic (exact) mass is 467 g/mol. The number of benzene rings is 5. The van der Waals surface area contributed by atoms with Crippen molar-refractivity contribution >= 4 is 16.5 Å². The third kappa shape index (κ3) is 2.59. The van der Waals surface area contributed by atoms with Crippen LogP contribution in [-0.2, 0) is 5.41 Å². The number of hydrogen-bond donors (Lipinski definition) is 1. The first kappa shape index (κ1) is 20.3. The van der Waals surface area contributed by atoms with Crippen LogP contribution in [0, 0.1) is 11.7 Å². The van der Waals surface area contributed by atoms with Crippen LogP contribution in [0.1, 0.15) is 47.1 Å². The van der Waals surface area contributed by atoms with Gasteiger partial charge >= 0.3 is 0 Å². The van der Waals surface area contributed by atoms with Crippen LogP contribution in [0.4, 0.5) is 10.1 Å². The van der Waals surface area contributed by atoms with Crippen molar-refractivity contribution in [2.24, 2.45) is 5.92 Å². The molecule has 5 aromatic carbocycles. The van der Waals surface area contributed by atoms with Gasteiger partial charge in [0.2, 0.25) is 0 Å². The summed E-state index contributed by atoms with van der Waals surface area (Å²) >= 11 is 0. The van der Waals surface area contributed by atoms with E-state index in [1.54, 1.807) is 12.1 Å². The molecule has 0 amide bonds. The van der Waals surface area contributed by atoms with E-state index in [4.69, 9.17) is 0 Å². The predicted octanol–water partition coefficient (Wildman–Crippen LogP) is 8.61. The molecule has 0 heterocycles. The van der Waals surface area contributed by atoms with Crippen LogP contribution < -0.4 is 5.32 Å². The highest BCUT2D eigenvalue weighted by Crippen LogP contribution is 2.69. The third-order valence-corrected chi connectivity index (χ3v) is 9.15. The van der Waals surface area contributed by atoms with E-state index >= 15 is 0 Å². The molecule has 0 aromatic heterocycles. The van der Waals surface area contributed by atoms with Gasteiger partial charge in [0, 0.05) is 17.0 Å². The molecule has 174 valence electrons. The number of hydrogen-bond acceptors (Lipinski definition) is 1. The standard InChI is InChI=1S/C34H26FN/c35-23-13-15-24(16-14-23)36-33-27-17-18-34(30-11-5-3-9-25(30)26-10-4-6-12-31(26)34)32(27)28-19-21-7-1-2-8-22(21)20-29(28)33/h1-16,19-20,27,32-33,36H,17-18H2/t27-,32+,33-/m1/s1. The molecule has 2 heteroatoms. The molecule has 0 aliphatic heterocycles. The summed E-state index contributed by atoms with van der Waals surface area (Å²) in [5.41, 5.74) is 9.59. The van der Waals surface area contributed by atoms with E-state index in [1.807, 2.05) is 12.1 Å². The Morgan fingerprint density at radius 2 is 1.25 bits per heavy atom. The van der Waals surface area contributed by atoms with Crippen LogP contribution in [0.3, 0.4) is 0 Å². The zero-order chi connectivity index (χ0) is 23.9. The number of fused-ring (bicyclic) bond motifs is 10. The Kier molecular flexibility index (Phi) is 4.12. The van der Waals surface area contributed by atoms with E-state index in [2.05, 4.69) is 90.2 Å². The van der Waals surface area contributed by atoms with Gasteiger partial charge in [-0.25, -0.2) is 4.39 Å². The van der Waals surface area contributed by atoms with E-state index in [1.165, 1.54) is 44.2 Å². The Balaban J connectivity index is 1.37. The largest absolute Gasteiger partial charge is 0.378 e. The molecule has 1 fully saturated rings. The van der Waals surface area contributed by atoms with Gasteiger partial charge in [-0.3, -0.25) is 0 Å². The van der Waals surface area contributed by atoms with Gasteiger partial charge in [-0.1, -0.05) is 78.9 Å². The Bertz CT molecular complexity index is 1600. The predicted molar refractivity (Wildman–Crippen MR) is 145 cm³/mol. The average Bonchev–Trinajstić information content (AvgIpc) is 3.55. The first-order valence-electron chi connectivity index (χ1n) is 13.0. The topological polar surface area (TPSA) is 12.0 Å². The maximum absolute atomic E-state index is 13.7. The molecular formula is C34H26FN. The average molecular weight is 468 g/mol. The number of halogens is 1. The molecule has 0 bridgehead atoms. The molecule has 0 radical (unpaired) electrons. The van der Waals surface area contributed by atoms with Crippen LogP contribution in [0.5, 0.6) is 0 Å². The first-order valence-corrected chi connectivity index (χ1v) is 13.0. The lowest BCUT2D eigenvalue weighted by Crippen LogP contribution is -2.29. The van der Waals surface area contributed by atoms with E-state index in [-0.39, 0.29) is 17.3 Å². The van der Waals surface area contributed by atoms with Gasteiger partial charge < -0.3 is 5.32 Å². The second-order valence-electron chi connectivity index (χ2n) is 10.7. The van der Waals surface area contributed by atoms with Gasteiger partial charge in [0.25, 0.3) is 0 Å². The van der Waals surface area contributed by atoms with Crippen LogP contribution in [0.25, 0.3) is 21.9 Å². The molecule has 3 atom stereocenters. The van der Waals surface area contributed by atoms with Crippen molar-refractivity contribution in [1.29, 1.82) is 0 Å². The van der Waals surface area contributed by atoms with E-state index in [0.29, 0.717) is 11.8 Å². The number of anilines is 1. The van der Waals surface area contributed by atoms with Crippen molar-refractivity contribution in [3.05, 3.63) is 137 Å². The summed E-state index contributed by atoms with van der Waals surface area (Å²) in [6.07, 6.45) is 2.29. The van der Waals surface area contributed by atoms with Crippen molar-refractivity contribution in [2.75, 3.05) is 5.32 Å². The molecule has 3 aliphatic carbocycles. The molecule has 5 aromatic rings. The Hall–Kier alpha value is -3.91. The highest BCUT2D eigenvalue weighted by molar-refractivity contribution is 5.87. The van der Waals surface area contributed by atoms with Gasteiger partial charge in [0.15, 0.2) is 0 Å².